The number of piperidine rings is 1. The molecule has 31 heavy (non-hydrogen) atoms. The zero-order valence-electron chi connectivity index (χ0n) is 18.5. The molecular weight excluding hydrogens is 386 g/mol. The van der Waals surface area contributed by atoms with E-state index in [9.17, 15) is 9.59 Å². The number of carbonyl (C=O) groups is 2. The molecular formula is C26H29N3O2. The van der Waals surface area contributed by atoms with E-state index in [1.807, 2.05) is 78.9 Å². The number of Topliss-reactive ketones (excluding diaryl/α,β-unsaturated/α-hetero) is 1. The molecule has 5 heteroatoms. The first kappa shape index (κ1) is 21.0. The Hall–Kier alpha value is -3.21. The number of likely N-dealkylation sites (tertiary alicyclic amines) is 1. The second kappa shape index (κ2) is 8.88. The van der Waals surface area contributed by atoms with Gasteiger partial charge in [0, 0.05) is 35.8 Å². The predicted molar refractivity (Wildman–Crippen MR) is 121 cm³/mol. The third kappa shape index (κ3) is 4.76. The maximum atomic E-state index is 13.1. The Balaban J connectivity index is 1.39. The fourth-order valence-corrected chi connectivity index (χ4v) is 4.29. The van der Waals surface area contributed by atoms with Gasteiger partial charge < -0.3 is 4.90 Å². The average molecular weight is 416 g/mol. The van der Waals surface area contributed by atoms with E-state index in [2.05, 4.69) is 11.2 Å². The van der Waals surface area contributed by atoms with Crippen LogP contribution in [0.4, 0.5) is 0 Å². The highest BCUT2D eigenvalue weighted by atomic mass is 16.2. The highest BCUT2D eigenvalue weighted by molar-refractivity contribution is 5.98. The Morgan fingerprint density at radius 2 is 1.65 bits per heavy atom. The van der Waals surface area contributed by atoms with Gasteiger partial charge in [-0.15, -0.1) is 0 Å². The van der Waals surface area contributed by atoms with Crippen molar-refractivity contribution >= 4 is 11.7 Å². The summed E-state index contributed by atoms with van der Waals surface area (Å²) in [6.45, 7) is 7.91. The highest BCUT2D eigenvalue weighted by Gasteiger charge is 2.28. The standard InChI is InChI=1S/C26H29N3O2/c1-18-7-9-22(10-8-18)25(30)23-11-13-28(14-12-23)26(31)24-6-4-5-21(16-24)17-29-20(3)15-19(2)27-29/h4-10,15-16,23H,11-14,17H2,1-3H3. The number of ketones is 1. The molecule has 2 heterocycles. The summed E-state index contributed by atoms with van der Waals surface area (Å²) in [7, 11) is 0. The maximum Gasteiger partial charge on any atom is 0.253 e. The summed E-state index contributed by atoms with van der Waals surface area (Å²) >= 11 is 0. The number of carbonyl (C=O) groups excluding carboxylic acids is 2. The van der Waals surface area contributed by atoms with E-state index in [1.165, 1.54) is 0 Å². The van der Waals surface area contributed by atoms with Crippen LogP contribution in [0.2, 0.25) is 0 Å². The molecule has 1 amide bonds. The monoisotopic (exact) mass is 415 g/mol. The van der Waals surface area contributed by atoms with Gasteiger partial charge >= 0.3 is 0 Å². The number of aromatic nitrogens is 2. The number of benzene rings is 2. The first-order chi connectivity index (χ1) is 14.9. The minimum atomic E-state index is -0.0101. The Labute approximate surface area is 183 Å². The summed E-state index contributed by atoms with van der Waals surface area (Å²) in [6.07, 6.45) is 1.42. The van der Waals surface area contributed by atoms with Gasteiger partial charge in [0.05, 0.1) is 12.2 Å². The van der Waals surface area contributed by atoms with E-state index in [4.69, 9.17) is 0 Å². The Morgan fingerprint density at radius 1 is 0.935 bits per heavy atom. The summed E-state index contributed by atoms with van der Waals surface area (Å²) in [5.74, 6) is 0.222. The predicted octanol–water partition coefficient (Wildman–Crippen LogP) is 4.59. The van der Waals surface area contributed by atoms with E-state index < -0.39 is 0 Å². The maximum absolute atomic E-state index is 13.1. The first-order valence-electron chi connectivity index (χ1n) is 10.9. The van der Waals surface area contributed by atoms with E-state index in [1.54, 1.807) is 0 Å². The van der Waals surface area contributed by atoms with Crippen LogP contribution in [0.5, 0.6) is 0 Å². The molecule has 2 aromatic carbocycles. The minimum absolute atomic E-state index is 0.0101. The van der Waals surface area contributed by atoms with Crippen LogP contribution in [0, 0.1) is 26.7 Å². The molecule has 1 aliphatic heterocycles. The fourth-order valence-electron chi connectivity index (χ4n) is 4.29. The number of amides is 1. The van der Waals surface area contributed by atoms with E-state index in [-0.39, 0.29) is 17.6 Å². The number of aryl methyl sites for hydroxylation is 3. The number of rotatable bonds is 5. The minimum Gasteiger partial charge on any atom is -0.339 e. The van der Waals surface area contributed by atoms with Gasteiger partial charge in [-0.3, -0.25) is 14.3 Å². The first-order valence-corrected chi connectivity index (χ1v) is 10.9. The third-order valence-electron chi connectivity index (χ3n) is 6.10. The average Bonchev–Trinajstić information content (AvgIpc) is 3.10. The molecule has 1 aromatic heterocycles. The molecule has 3 aromatic rings. The molecule has 0 radical (unpaired) electrons. The van der Waals surface area contributed by atoms with Gasteiger partial charge in [-0.1, -0.05) is 42.0 Å². The molecule has 160 valence electrons. The van der Waals surface area contributed by atoms with Crippen LogP contribution in [0.1, 0.15) is 56.1 Å². The lowest BCUT2D eigenvalue weighted by atomic mass is 9.88. The zero-order valence-corrected chi connectivity index (χ0v) is 18.5. The molecule has 0 bridgehead atoms. The molecule has 0 N–H and O–H groups in total. The number of nitrogens with zero attached hydrogens (tertiary/aromatic N) is 3. The van der Waals surface area contributed by atoms with Crippen molar-refractivity contribution in [3.8, 4) is 0 Å². The Morgan fingerprint density at radius 3 is 2.29 bits per heavy atom. The van der Waals surface area contributed by atoms with E-state index >= 15 is 0 Å². The molecule has 1 aliphatic rings. The molecule has 5 nitrogen and oxygen atoms in total. The fraction of sp³-hybridized carbons (Fsp3) is 0.346. The SMILES string of the molecule is Cc1ccc(C(=O)C2CCN(C(=O)c3cccc(Cn4nc(C)cc4C)c3)CC2)cc1. The summed E-state index contributed by atoms with van der Waals surface area (Å²) in [6, 6.07) is 17.6. The van der Waals surface area contributed by atoms with Crippen molar-refractivity contribution in [3.63, 3.8) is 0 Å². The van der Waals surface area contributed by atoms with Crippen LogP contribution in [0.3, 0.4) is 0 Å². The normalized spacial score (nSPS) is 14.6. The van der Waals surface area contributed by atoms with Gasteiger partial charge in [0.2, 0.25) is 0 Å². The summed E-state index contributed by atoms with van der Waals surface area (Å²) in [4.78, 5) is 27.7. The smallest absolute Gasteiger partial charge is 0.253 e. The van der Waals surface area contributed by atoms with E-state index in [0.29, 0.717) is 38.0 Å². The molecule has 0 atom stereocenters. The quantitative estimate of drug-likeness (QED) is 0.573. The lowest BCUT2D eigenvalue weighted by Crippen LogP contribution is -2.40. The van der Waals surface area contributed by atoms with Crippen molar-refractivity contribution in [2.24, 2.45) is 5.92 Å². The number of hydrogen-bond donors (Lipinski definition) is 0. The van der Waals surface area contributed by atoms with Crippen molar-refractivity contribution in [1.82, 2.24) is 14.7 Å². The van der Waals surface area contributed by atoms with Gasteiger partial charge in [0.15, 0.2) is 5.78 Å². The molecule has 0 unspecified atom stereocenters. The molecule has 0 spiro atoms. The van der Waals surface area contributed by atoms with Crippen molar-refractivity contribution < 1.29 is 9.59 Å². The van der Waals surface area contributed by atoms with Crippen molar-refractivity contribution in [3.05, 3.63) is 88.2 Å². The van der Waals surface area contributed by atoms with Crippen molar-refractivity contribution in [1.29, 1.82) is 0 Å². The summed E-state index contributed by atoms with van der Waals surface area (Å²) < 4.78 is 1.96. The van der Waals surface area contributed by atoms with Crippen LogP contribution in [0.25, 0.3) is 0 Å². The lowest BCUT2D eigenvalue weighted by molar-refractivity contribution is 0.0650. The highest BCUT2D eigenvalue weighted by Crippen LogP contribution is 2.23. The van der Waals surface area contributed by atoms with Crippen molar-refractivity contribution in [2.45, 2.75) is 40.2 Å². The molecule has 1 fully saturated rings. The Bertz CT molecular complexity index is 1090. The van der Waals surface area contributed by atoms with Crippen LogP contribution in [0.15, 0.2) is 54.6 Å². The van der Waals surface area contributed by atoms with Crippen LogP contribution >= 0.6 is 0 Å². The molecule has 4 rings (SSSR count). The lowest BCUT2D eigenvalue weighted by Gasteiger charge is -2.31. The zero-order chi connectivity index (χ0) is 22.0. The molecule has 0 saturated carbocycles. The second-order valence-corrected chi connectivity index (χ2v) is 8.58. The summed E-state index contributed by atoms with van der Waals surface area (Å²) in [5, 5.41) is 4.51. The molecule has 0 aliphatic carbocycles. The van der Waals surface area contributed by atoms with Gasteiger partial charge in [0.1, 0.15) is 0 Å². The van der Waals surface area contributed by atoms with Gasteiger partial charge in [-0.2, -0.15) is 5.10 Å². The third-order valence-corrected chi connectivity index (χ3v) is 6.10. The Kier molecular flexibility index (Phi) is 6.03. The molecule has 1 saturated heterocycles. The van der Waals surface area contributed by atoms with Gasteiger partial charge in [0.25, 0.3) is 5.91 Å². The van der Waals surface area contributed by atoms with Gasteiger partial charge in [-0.25, -0.2) is 0 Å². The van der Waals surface area contributed by atoms with Crippen LogP contribution in [-0.2, 0) is 6.54 Å². The van der Waals surface area contributed by atoms with Gasteiger partial charge in [-0.05, 0) is 57.4 Å². The number of hydrogen-bond acceptors (Lipinski definition) is 3. The largest absolute Gasteiger partial charge is 0.339 e. The summed E-state index contributed by atoms with van der Waals surface area (Å²) in [5.41, 5.74) is 5.77. The van der Waals surface area contributed by atoms with E-state index in [0.717, 1.165) is 28.1 Å². The van der Waals surface area contributed by atoms with Crippen LogP contribution in [-0.4, -0.2) is 39.5 Å². The van der Waals surface area contributed by atoms with Crippen molar-refractivity contribution in [2.75, 3.05) is 13.1 Å². The topological polar surface area (TPSA) is 55.2 Å². The second-order valence-electron chi connectivity index (χ2n) is 8.58. The van der Waals surface area contributed by atoms with Crippen LogP contribution < -0.4 is 0 Å².